The van der Waals surface area contributed by atoms with Crippen molar-refractivity contribution in [1.29, 1.82) is 0 Å². The van der Waals surface area contributed by atoms with E-state index in [-0.39, 0.29) is 5.82 Å². The van der Waals surface area contributed by atoms with Gasteiger partial charge in [0.2, 0.25) is 0 Å². The molecule has 0 saturated heterocycles. The Kier molecular flexibility index (Phi) is 4.82. The molecular formula is C15H16FNOS. The number of hydrogen-bond donors (Lipinski definition) is 1. The van der Waals surface area contributed by atoms with Crippen LogP contribution in [0.2, 0.25) is 0 Å². The third kappa shape index (κ3) is 3.72. The molecule has 0 radical (unpaired) electrons. The smallest absolute Gasteiger partial charge is 0.137 e. The van der Waals surface area contributed by atoms with Crippen LogP contribution in [0.15, 0.2) is 52.3 Å². The summed E-state index contributed by atoms with van der Waals surface area (Å²) in [4.78, 5) is 1.59. The first kappa shape index (κ1) is 13.9. The van der Waals surface area contributed by atoms with Crippen molar-refractivity contribution in [1.82, 2.24) is 0 Å². The third-order valence-corrected chi connectivity index (χ3v) is 3.78. The van der Waals surface area contributed by atoms with Crippen molar-refractivity contribution in [3.05, 3.63) is 53.8 Å². The maximum atomic E-state index is 13.9. The molecular weight excluding hydrogens is 261 g/mol. The highest BCUT2D eigenvalue weighted by Crippen LogP contribution is 2.31. The van der Waals surface area contributed by atoms with E-state index in [0.717, 1.165) is 16.2 Å². The Bertz CT molecular complexity index is 542. The van der Waals surface area contributed by atoms with Gasteiger partial charge in [-0.25, -0.2) is 4.39 Å². The first-order chi connectivity index (χ1) is 9.22. The minimum atomic E-state index is -0.202. The molecule has 0 aliphatic heterocycles. The average Bonchev–Trinajstić information content (AvgIpc) is 2.43. The largest absolute Gasteiger partial charge is 0.497 e. The molecule has 4 heteroatoms. The van der Waals surface area contributed by atoms with Crippen LogP contribution in [0, 0.1) is 5.82 Å². The number of methoxy groups -OCH3 is 1. The normalized spacial score (nSPS) is 10.5. The fourth-order valence-corrected chi connectivity index (χ4v) is 2.54. The van der Waals surface area contributed by atoms with Crippen LogP contribution in [0.25, 0.3) is 0 Å². The summed E-state index contributed by atoms with van der Waals surface area (Å²) in [6.45, 7) is 0.532. The molecule has 0 aromatic heterocycles. The number of benzene rings is 2. The molecule has 0 unspecified atom stereocenters. The molecule has 0 bridgehead atoms. The van der Waals surface area contributed by atoms with E-state index in [9.17, 15) is 4.39 Å². The molecule has 2 aromatic rings. The molecule has 2 nitrogen and oxygen atoms in total. The molecule has 0 atom stereocenters. The lowest BCUT2D eigenvalue weighted by atomic mass is 10.1. The van der Waals surface area contributed by atoms with Gasteiger partial charge in [0.15, 0.2) is 0 Å². The van der Waals surface area contributed by atoms with Crippen molar-refractivity contribution in [2.24, 2.45) is 5.73 Å². The Labute approximate surface area is 116 Å². The Morgan fingerprint density at radius 3 is 2.47 bits per heavy atom. The summed E-state index contributed by atoms with van der Waals surface area (Å²) in [5.74, 6) is 0.592. The second-order valence-corrected chi connectivity index (χ2v) is 5.20. The first-order valence-corrected chi connectivity index (χ1v) is 6.85. The highest BCUT2D eigenvalue weighted by Gasteiger charge is 2.05. The molecule has 2 aromatic carbocycles. The quantitative estimate of drug-likeness (QED) is 0.908. The monoisotopic (exact) mass is 277 g/mol. The number of hydrogen-bond acceptors (Lipinski definition) is 3. The van der Waals surface area contributed by atoms with Gasteiger partial charge in [0.25, 0.3) is 0 Å². The first-order valence-electron chi connectivity index (χ1n) is 6.03. The molecule has 100 valence electrons. The van der Waals surface area contributed by atoms with E-state index >= 15 is 0 Å². The summed E-state index contributed by atoms with van der Waals surface area (Å²) >= 11 is 1.40. The average molecular weight is 277 g/mol. The number of rotatable bonds is 5. The van der Waals surface area contributed by atoms with Crippen molar-refractivity contribution >= 4 is 11.8 Å². The maximum absolute atomic E-state index is 13.9. The fraction of sp³-hybridized carbons (Fsp3) is 0.200. The number of ether oxygens (including phenoxy) is 1. The standard InChI is InChI=1S/C15H16FNOS/c1-18-12-3-5-13(6-4-12)19-15-7-2-11(8-9-17)10-14(15)16/h2-7,10H,8-9,17H2,1H3. The summed E-state index contributed by atoms with van der Waals surface area (Å²) in [6.07, 6.45) is 0.699. The Morgan fingerprint density at radius 1 is 1.16 bits per heavy atom. The van der Waals surface area contributed by atoms with Gasteiger partial charge >= 0.3 is 0 Å². The Morgan fingerprint density at radius 2 is 1.89 bits per heavy atom. The zero-order chi connectivity index (χ0) is 13.7. The van der Waals surface area contributed by atoms with E-state index in [1.165, 1.54) is 11.8 Å². The second kappa shape index (κ2) is 6.59. The lowest BCUT2D eigenvalue weighted by molar-refractivity contribution is 0.414. The van der Waals surface area contributed by atoms with Gasteiger partial charge in [0, 0.05) is 9.79 Å². The van der Waals surface area contributed by atoms with Gasteiger partial charge in [-0.15, -0.1) is 0 Å². The van der Waals surface area contributed by atoms with Gasteiger partial charge in [-0.05, 0) is 54.9 Å². The zero-order valence-corrected chi connectivity index (χ0v) is 11.5. The van der Waals surface area contributed by atoms with Crippen LogP contribution in [0.1, 0.15) is 5.56 Å². The van der Waals surface area contributed by atoms with E-state index in [1.54, 1.807) is 19.2 Å². The van der Waals surface area contributed by atoms with Gasteiger partial charge in [-0.1, -0.05) is 17.8 Å². The summed E-state index contributed by atoms with van der Waals surface area (Å²) in [6, 6.07) is 12.8. The minimum absolute atomic E-state index is 0.202. The Hall–Kier alpha value is -1.52. The lowest BCUT2D eigenvalue weighted by Crippen LogP contribution is -2.02. The molecule has 0 heterocycles. The van der Waals surface area contributed by atoms with Gasteiger partial charge in [-0.2, -0.15) is 0 Å². The Balaban J connectivity index is 2.13. The molecule has 0 aliphatic carbocycles. The number of halogens is 1. The molecule has 2 N–H and O–H groups in total. The summed E-state index contributed by atoms with van der Waals surface area (Å²) in [7, 11) is 1.62. The summed E-state index contributed by atoms with van der Waals surface area (Å²) in [5.41, 5.74) is 6.39. The second-order valence-electron chi connectivity index (χ2n) is 4.08. The van der Waals surface area contributed by atoms with Crippen LogP contribution in [0.5, 0.6) is 5.75 Å². The van der Waals surface area contributed by atoms with Crippen LogP contribution >= 0.6 is 11.8 Å². The highest BCUT2D eigenvalue weighted by molar-refractivity contribution is 7.99. The zero-order valence-electron chi connectivity index (χ0n) is 10.7. The minimum Gasteiger partial charge on any atom is -0.497 e. The maximum Gasteiger partial charge on any atom is 0.137 e. The molecule has 0 amide bonds. The highest BCUT2D eigenvalue weighted by atomic mass is 32.2. The molecule has 0 fully saturated rings. The van der Waals surface area contributed by atoms with E-state index in [0.29, 0.717) is 17.9 Å². The van der Waals surface area contributed by atoms with Gasteiger partial charge < -0.3 is 10.5 Å². The van der Waals surface area contributed by atoms with Crippen LogP contribution in [-0.4, -0.2) is 13.7 Å². The molecule has 0 spiro atoms. The van der Waals surface area contributed by atoms with E-state index < -0.39 is 0 Å². The van der Waals surface area contributed by atoms with E-state index in [1.807, 2.05) is 30.3 Å². The van der Waals surface area contributed by atoms with Gasteiger partial charge in [0.1, 0.15) is 11.6 Å². The topological polar surface area (TPSA) is 35.2 Å². The van der Waals surface area contributed by atoms with Crippen molar-refractivity contribution in [3.8, 4) is 5.75 Å². The summed E-state index contributed by atoms with van der Waals surface area (Å²) in [5, 5.41) is 0. The van der Waals surface area contributed by atoms with Crippen molar-refractivity contribution in [2.45, 2.75) is 16.2 Å². The number of nitrogens with two attached hydrogens (primary N) is 1. The van der Waals surface area contributed by atoms with Crippen LogP contribution in [0.4, 0.5) is 4.39 Å². The predicted octanol–water partition coefficient (Wildman–Crippen LogP) is 3.49. The van der Waals surface area contributed by atoms with Crippen LogP contribution in [-0.2, 0) is 6.42 Å². The van der Waals surface area contributed by atoms with Crippen molar-refractivity contribution in [2.75, 3.05) is 13.7 Å². The summed E-state index contributed by atoms with van der Waals surface area (Å²) < 4.78 is 19.0. The van der Waals surface area contributed by atoms with E-state index in [4.69, 9.17) is 10.5 Å². The molecule has 0 aliphatic rings. The lowest BCUT2D eigenvalue weighted by Gasteiger charge is -2.06. The van der Waals surface area contributed by atoms with Gasteiger partial charge in [-0.3, -0.25) is 0 Å². The SMILES string of the molecule is COc1ccc(Sc2ccc(CCN)cc2F)cc1. The van der Waals surface area contributed by atoms with Crippen molar-refractivity contribution in [3.63, 3.8) is 0 Å². The van der Waals surface area contributed by atoms with Gasteiger partial charge in [0.05, 0.1) is 7.11 Å². The van der Waals surface area contributed by atoms with Crippen LogP contribution < -0.4 is 10.5 Å². The molecule has 19 heavy (non-hydrogen) atoms. The van der Waals surface area contributed by atoms with E-state index in [2.05, 4.69) is 0 Å². The molecule has 0 saturated carbocycles. The third-order valence-electron chi connectivity index (χ3n) is 2.72. The molecule has 2 rings (SSSR count). The van der Waals surface area contributed by atoms with Crippen molar-refractivity contribution < 1.29 is 9.13 Å². The van der Waals surface area contributed by atoms with Crippen LogP contribution in [0.3, 0.4) is 0 Å². The fourth-order valence-electron chi connectivity index (χ4n) is 1.72. The predicted molar refractivity (Wildman–Crippen MR) is 76.3 cm³/mol.